The van der Waals surface area contributed by atoms with Crippen LogP contribution in [0, 0.1) is 11.7 Å². The maximum absolute atomic E-state index is 14.7. The fourth-order valence-electron chi connectivity index (χ4n) is 3.22. The molecule has 0 amide bonds. The number of nitrogens with zero attached hydrogens (tertiary/aromatic N) is 3. The molecule has 1 unspecified atom stereocenters. The van der Waals surface area contributed by atoms with E-state index in [1.165, 1.54) is 12.7 Å². The molecule has 0 aliphatic carbocycles. The molecule has 3 aromatic rings. The molecule has 24 heavy (non-hydrogen) atoms. The highest BCUT2D eigenvalue weighted by atomic mass is 19.1. The Morgan fingerprint density at radius 1 is 1.33 bits per heavy atom. The highest BCUT2D eigenvalue weighted by Gasteiger charge is 2.18. The summed E-state index contributed by atoms with van der Waals surface area (Å²) < 4.78 is 19.9. The molecule has 1 aliphatic heterocycles. The first-order valence-corrected chi connectivity index (χ1v) is 8.12. The molecule has 1 saturated heterocycles. The minimum absolute atomic E-state index is 0.255. The van der Waals surface area contributed by atoms with Crippen LogP contribution in [0.2, 0.25) is 0 Å². The number of halogens is 1. The van der Waals surface area contributed by atoms with Gasteiger partial charge in [-0.3, -0.25) is 4.98 Å². The Kier molecular flexibility index (Phi) is 3.90. The topological polar surface area (TPSA) is 54.2 Å². The molecule has 1 aliphatic rings. The molecule has 0 bridgehead atoms. The lowest BCUT2D eigenvalue weighted by atomic mass is 10.1. The van der Waals surface area contributed by atoms with E-state index in [4.69, 9.17) is 4.42 Å². The average molecular weight is 326 g/mol. The van der Waals surface area contributed by atoms with Crippen LogP contribution < -0.4 is 10.2 Å². The average Bonchev–Trinajstić information content (AvgIpc) is 3.27. The largest absolute Gasteiger partial charge is 0.461 e. The van der Waals surface area contributed by atoms with Gasteiger partial charge in [-0.1, -0.05) is 6.07 Å². The van der Waals surface area contributed by atoms with Crippen molar-refractivity contribution in [2.24, 2.45) is 5.92 Å². The van der Waals surface area contributed by atoms with Crippen molar-refractivity contribution in [3.8, 4) is 11.3 Å². The maximum Gasteiger partial charge on any atom is 0.175 e. The molecule has 124 valence electrons. The Morgan fingerprint density at radius 2 is 2.25 bits per heavy atom. The zero-order chi connectivity index (χ0) is 16.5. The van der Waals surface area contributed by atoms with Crippen molar-refractivity contribution in [1.29, 1.82) is 0 Å². The minimum Gasteiger partial charge on any atom is -0.461 e. The van der Waals surface area contributed by atoms with E-state index in [1.54, 1.807) is 24.5 Å². The molecule has 6 heteroatoms. The summed E-state index contributed by atoms with van der Waals surface area (Å²) in [6, 6.07) is 5.30. The van der Waals surface area contributed by atoms with E-state index in [9.17, 15) is 4.39 Å². The van der Waals surface area contributed by atoms with Crippen molar-refractivity contribution in [3.05, 3.63) is 42.7 Å². The predicted molar refractivity (Wildman–Crippen MR) is 91.4 cm³/mol. The van der Waals surface area contributed by atoms with E-state index in [0.717, 1.165) is 30.8 Å². The van der Waals surface area contributed by atoms with Crippen LogP contribution in [-0.2, 0) is 0 Å². The number of rotatable bonds is 4. The number of aromatic nitrogens is 2. The van der Waals surface area contributed by atoms with Gasteiger partial charge in [0, 0.05) is 24.5 Å². The van der Waals surface area contributed by atoms with Crippen molar-refractivity contribution < 1.29 is 8.81 Å². The molecule has 0 saturated carbocycles. The first kappa shape index (κ1) is 15.1. The van der Waals surface area contributed by atoms with E-state index in [1.807, 2.05) is 13.1 Å². The summed E-state index contributed by atoms with van der Waals surface area (Å²) >= 11 is 0. The molecular formula is C18H19FN4O. The fourth-order valence-corrected chi connectivity index (χ4v) is 3.22. The van der Waals surface area contributed by atoms with Crippen LogP contribution in [0.15, 0.2) is 41.3 Å². The van der Waals surface area contributed by atoms with E-state index in [2.05, 4.69) is 20.2 Å². The van der Waals surface area contributed by atoms with E-state index < -0.39 is 5.82 Å². The number of fused-ring (bicyclic) bond motifs is 1. The van der Waals surface area contributed by atoms with Gasteiger partial charge in [0.1, 0.15) is 5.82 Å². The lowest BCUT2D eigenvalue weighted by Gasteiger charge is -2.21. The Morgan fingerprint density at radius 3 is 3.08 bits per heavy atom. The number of benzene rings is 1. The molecule has 0 radical (unpaired) electrons. The molecule has 4 rings (SSSR count). The quantitative estimate of drug-likeness (QED) is 0.798. The van der Waals surface area contributed by atoms with Gasteiger partial charge in [0.15, 0.2) is 11.4 Å². The molecule has 3 heterocycles. The summed E-state index contributed by atoms with van der Waals surface area (Å²) in [6.45, 7) is 3.00. The van der Waals surface area contributed by atoms with Gasteiger partial charge in [0.05, 0.1) is 24.4 Å². The molecule has 0 spiro atoms. The summed E-state index contributed by atoms with van der Waals surface area (Å²) in [5, 5.41) is 4.11. The van der Waals surface area contributed by atoms with E-state index in [0.29, 0.717) is 17.2 Å². The molecule has 5 nitrogen and oxygen atoms in total. The van der Waals surface area contributed by atoms with Gasteiger partial charge in [-0.25, -0.2) is 9.37 Å². The highest BCUT2D eigenvalue weighted by molar-refractivity contribution is 5.83. The van der Waals surface area contributed by atoms with Crippen molar-refractivity contribution in [3.63, 3.8) is 0 Å². The second kappa shape index (κ2) is 6.20. The van der Waals surface area contributed by atoms with Gasteiger partial charge in [-0.05, 0) is 37.6 Å². The van der Waals surface area contributed by atoms with Crippen LogP contribution in [0.25, 0.3) is 22.2 Å². The van der Waals surface area contributed by atoms with Crippen molar-refractivity contribution >= 4 is 16.8 Å². The SMILES string of the molecule is CN(CC1CCNC1)c1cncc(-c2ccc3ccoc3c2F)n1. The summed E-state index contributed by atoms with van der Waals surface area (Å²) in [6.07, 6.45) is 5.96. The minimum atomic E-state index is -0.397. The third kappa shape index (κ3) is 2.73. The smallest absolute Gasteiger partial charge is 0.175 e. The third-order valence-corrected chi connectivity index (χ3v) is 4.54. The Hall–Kier alpha value is -2.47. The van der Waals surface area contributed by atoms with Crippen LogP contribution in [0.1, 0.15) is 6.42 Å². The molecule has 1 fully saturated rings. The highest BCUT2D eigenvalue weighted by Crippen LogP contribution is 2.29. The number of hydrogen-bond acceptors (Lipinski definition) is 5. The lowest BCUT2D eigenvalue weighted by molar-refractivity contribution is 0.561. The normalized spacial score (nSPS) is 17.5. The fraction of sp³-hybridized carbons (Fsp3) is 0.333. The van der Waals surface area contributed by atoms with Crippen LogP contribution in [0.5, 0.6) is 0 Å². The van der Waals surface area contributed by atoms with Crippen LogP contribution in [0.4, 0.5) is 10.2 Å². The van der Waals surface area contributed by atoms with Gasteiger partial charge in [0.2, 0.25) is 0 Å². The molecule has 1 aromatic carbocycles. The molecule has 2 aromatic heterocycles. The number of anilines is 1. The number of nitrogens with one attached hydrogen (secondary N) is 1. The second-order valence-electron chi connectivity index (χ2n) is 6.27. The lowest BCUT2D eigenvalue weighted by Crippen LogP contribution is -2.27. The second-order valence-corrected chi connectivity index (χ2v) is 6.27. The first-order valence-electron chi connectivity index (χ1n) is 8.12. The van der Waals surface area contributed by atoms with Gasteiger partial charge >= 0.3 is 0 Å². The zero-order valence-electron chi connectivity index (χ0n) is 13.5. The molecule has 1 N–H and O–H groups in total. The first-order chi connectivity index (χ1) is 11.7. The molecule has 1 atom stereocenters. The van der Waals surface area contributed by atoms with Crippen molar-refractivity contribution in [2.75, 3.05) is 31.6 Å². The van der Waals surface area contributed by atoms with Gasteiger partial charge < -0.3 is 14.6 Å². The summed E-state index contributed by atoms with van der Waals surface area (Å²) in [7, 11) is 2.00. The predicted octanol–water partition coefficient (Wildman–Crippen LogP) is 3.07. The van der Waals surface area contributed by atoms with E-state index >= 15 is 0 Å². The Bertz CT molecular complexity index is 857. The summed E-state index contributed by atoms with van der Waals surface area (Å²) in [5.41, 5.74) is 1.17. The summed E-state index contributed by atoms with van der Waals surface area (Å²) in [4.78, 5) is 10.9. The number of furan rings is 1. The maximum atomic E-state index is 14.7. The van der Waals surface area contributed by atoms with Crippen LogP contribution in [-0.4, -0.2) is 36.6 Å². The zero-order valence-corrected chi connectivity index (χ0v) is 13.5. The van der Waals surface area contributed by atoms with Gasteiger partial charge in [0.25, 0.3) is 0 Å². The van der Waals surface area contributed by atoms with Crippen molar-refractivity contribution in [2.45, 2.75) is 6.42 Å². The van der Waals surface area contributed by atoms with Gasteiger partial charge in [-0.2, -0.15) is 0 Å². The van der Waals surface area contributed by atoms with Crippen LogP contribution in [0.3, 0.4) is 0 Å². The standard InChI is InChI=1S/C18H19FN4O/c1-23(11-12-4-6-20-8-12)16-10-21-9-15(22-16)14-3-2-13-5-7-24-18(13)17(14)19/h2-3,5,7,9-10,12,20H,4,6,8,11H2,1H3. The van der Waals surface area contributed by atoms with Gasteiger partial charge in [-0.15, -0.1) is 0 Å². The summed E-state index contributed by atoms with van der Waals surface area (Å²) in [5.74, 6) is 0.960. The Labute approximate surface area is 139 Å². The number of hydrogen-bond donors (Lipinski definition) is 1. The van der Waals surface area contributed by atoms with Crippen LogP contribution >= 0.6 is 0 Å². The van der Waals surface area contributed by atoms with Crippen molar-refractivity contribution in [1.82, 2.24) is 15.3 Å². The Balaban J connectivity index is 1.64. The van der Waals surface area contributed by atoms with E-state index in [-0.39, 0.29) is 5.58 Å². The molecular weight excluding hydrogens is 307 g/mol. The monoisotopic (exact) mass is 326 g/mol. The third-order valence-electron chi connectivity index (χ3n) is 4.54.